The minimum atomic E-state index is 0.145. The quantitative estimate of drug-likeness (QED) is 0.729. The Kier molecular flexibility index (Phi) is 5.34. The molecule has 27 heavy (non-hydrogen) atoms. The summed E-state index contributed by atoms with van der Waals surface area (Å²) in [6.07, 6.45) is 4.81. The van der Waals surface area contributed by atoms with Gasteiger partial charge in [0.2, 0.25) is 5.91 Å². The Bertz CT molecular complexity index is 916. The Morgan fingerprint density at radius 3 is 2.78 bits per heavy atom. The van der Waals surface area contributed by atoms with Crippen LogP contribution in [0.3, 0.4) is 0 Å². The van der Waals surface area contributed by atoms with Crippen LogP contribution in [-0.2, 0) is 11.2 Å². The van der Waals surface area contributed by atoms with E-state index in [2.05, 4.69) is 58.6 Å². The molecule has 0 atom stereocenters. The van der Waals surface area contributed by atoms with Crippen LogP contribution in [0, 0.1) is 12.8 Å². The second kappa shape index (κ2) is 8.05. The molecule has 0 spiro atoms. The highest BCUT2D eigenvalue weighted by Crippen LogP contribution is 2.27. The second-order valence-electron chi connectivity index (χ2n) is 7.17. The summed E-state index contributed by atoms with van der Waals surface area (Å²) in [6, 6.07) is 12.7. The highest BCUT2D eigenvalue weighted by atomic mass is 32.1. The number of piperidine rings is 1. The van der Waals surface area contributed by atoms with Gasteiger partial charge in [0.1, 0.15) is 17.0 Å². The predicted molar refractivity (Wildman–Crippen MR) is 110 cm³/mol. The largest absolute Gasteiger partial charge is 0.360 e. The fourth-order valence-electron chi connectivity index (χ4n) is 3.72. The Morgan fingerprint density at radius 1 is 1.22 bits per heavy atom. The van der Waals surface area contributed by atoms with Gasteiger partial charge in [-0.2, -0.15) is 0 Å². The zero-order valence-electron chi connectivity index (χ0n) is 15.5. The van der Waals surface area contributed by atoms with E-state index in [4.69, 9.17) is 0 Å². The van der Waals surface area contributed by atoms with Gasteiger partial charge < -0.3 is 10.2 Å². The van der Waals surface area contributed by atoms with Gasteiger partial charge in [0.15, 0.2) is 0 Å². The van der Waals surface area contributed by atoms with Crippen molar-refractivity contribution in [2.24, 2.45) is 5.92 Å². The summed E-state index contributed by atoms with van der Waals surface area (Å²) in [5.41, 5.74) is 1.39. The average molecular weight is 381 g/mol. The van der Waals surface area contributed by atoms with E-state index in [1.807, 2.05) is 4.90 Å². The lowest BCUT2D eigenvalue weighted by Crippen LogP contribution is -2.41. The van der Waals surface area contributed by atoms with Crippen LogP contribution in [0.5, 0.6) is 0 Å². The molecular weight excluding hydrogens is 356 g/mol. The number of hydrogen-bond acceptors (Lipinski definition) is 5. The molecule has 1 aliphatic heterocycles. The molecule has 2 aromatic heterocycles. The third-order valence-electron chi connectivity index (χ3n) is 5.19. The van der Waals surface area contributed by atoms with Crippen molar-refractivity contribution in [1.29, 1.82) is 0 Å². The first kappa shape index (κ1) is 17.9. The number of carbonyl (C=O) groups is 1. The van der Waals surface area contributed by atoms with Crippen molar-refractivity contribution < 1.29 is 4.79 Å². The standard InChI is InChI=1S/C21H24N4OS/c1-15-11-18-20(23-14-24-21(18)27-15)22-13-19(26)25-9-7-17(8-10-25)12-16-5-3-2-4-6-16/h2-6,11,14,17H,7-10,12-13H2,1H3,(H,22,23,24). The van der Waals surface area contributed by atoms with E-state index in [9.17, 15) is 4.79 Å². The van der Waals surface area contributed by atoms with Gasteiger partial charge in [0, 0.05) is 18.0 Å². The monoisotopic (exact) mass is 380 g/mol. The number of nitrogens with one attached hydrogen (secondary N) is 1. The van der Waals surface area contributed by atoms with Gasteiger partial charge in [-0.3, -0.25) is 4.79 Å². The summed E-state index contributed by atoms with van der Waals surface area (Å²) >= 11 is 1.64. The van der Waals surface area contributed by atoms with Crippen molar-refractivity contribution in [2.45, 2.75) is 26.2 Å². The normalized spacial score (nSPS) is 15.2. The van der Waals surface area contributed by atoms with Crippen molar-refractivity contribution in [1.82, 2.24) is 14.9 Å². The lowest BCUT2D eigenvalue weighted by Gasteiger charge is -2.32. The summed E-state index contributed by atoms with van der Waals surface area (Å²) in [5, 5.41) is 4.21. The van der Waals surface area contributed by atoms with Crippen LogP contribution in [0.25, 0.3) is 10.2 Å². The van der Waals surface area contributed by atoms with Crippen LogP contribution in [0.15, 0.2) is 42.7 Å². The maximum Gasteiger partial charge on any atom is 0.241 e. The van der Waals surface area contributed by atoms with Crippen molar-refractivity contribution in [3.05, 3.63) is 53.2 Å². The molecular formula is C21H24N4OS. The lowest BCUT2D eigenvalue weighted by molar-refractivity contribution is -0.130. The maximum atomic E-state index is 12.6. The van der Waals surface area contributed by atoms with Crippen molar-refractivity contribution >= 4 is 33.3 Å². The molecule has 1 amide bonds. The summed E-state index contributed by atoms with van der Waals surface area (Å²) in [4.78, 5) is 25.3. The average Bonchev–Trinajstić information content (AvgIpc) is 3.08. The van der Waals surface area contributed by atoms with E-state index < -0.39 is 0 Å². The molecule has 1 aliphatic rings. The van der Waals surface area contributed by atoms with Gasteiger partial charge in [0.05, 0.1) is 11.9 Å². The Morgan fingerprint density at radius 2 is 2.00 bits per heavy atom. The topological polar surface area (TPSA) is 58.1 Å². The number of thiophene rings is 1. The number of aromatic nitrogens is 2. The van der Waals surface area contributed by atoms with Gasteiger partial charge in [-0.25, -0.2) is 9.97 Å². The summed E-state index contributed by atoms with van der Waals surface area (Å²) in [7, 11) is 0. The number of fused-ring (bicyclic) bond motifs is 1. The van der Waals surface area contributed by atoms with Crippen LogP contribution in [0.4, 0.5) is 5.82 Å². The molecule has 0 bridgehead atoms. The highest BCUT2D eigenvalue weighted by molar-refractivity contribution is 7.18. The molecule has 140 valence electrons. The fraction of sp³-hybridized carbons (Fsp3) is 0.381. The number of nitrogens with zero attached hydrogens (tertiary/aromatic N) is 3. The minimum Gasteiger partial charge on any atom is -0.360 e. The maximum absolute atomic E-state index is 12.6. The molecule has 0 unspecified atom stereocenters. The molecule has 0 radical (unpaired) electrons. The second-order valence-corrected chi connectivity index (χ2v) is 8.40. The molecule has 1 aromatic carbocycles. The minimum absolute atomic E-state index is 0.145. The molecule has 3 heterocycles. The lowest BCUT2D eigenvalue weighted by atomic mass is 9.90. The summed E-state index contributed by atoms with van der Waals surface area (Å²) in [6.45, 7) is 4.02. The van der Waals surface area contributed by atoms with Crippen molar-refractivity contribution in [3.63, 3.8) is 0 Å². The molecule has 0 aliphatic carbocycles. The highest BCUT2D eigenvalue weighted by Gasteiger charge is 2.23. The number of likely N-dealkylation sites (tertiary alicyclic amines) is 1. The third-order valence-corrected chi connectivity index (χ3v) is 6.15. The Hall–Kier alpha value is -2.47. The summed E-state index contributed by atoms with van der Waals surface area (Å²) < 4.78 is 0. The molecule has 4 rings (SSSR count). The SMILES string of the molecule is Cc1cc2c(NCC(=O)N3CCC(Cc4ccccc4)CC3)ncnc2s1. The van der Waals surface area contributed by atoms with Gasteiger partial charge in [-0.05, 0) is 43.7 Å². The number of hydrogen-bond donors (Lipinski definition) is 1. The number of anilines is 1. The van der Waals surface area contributed by atoms with Crippen LogP contribution < -0.4 is 5.32 Å². The molecule has 1 saturated heterocycles. The van der Waals surface area contributed by atoms with Gasteiger partial charge >= 0.3 is 0 Å². The molecule has 3 aromatic rings. The van der Waals surface area contributed by atoms with E-state index in [-0.39, 0.29) is 12.5 Å². The van der Waals surface area contributed by atoms with Crippen LogP contribution in [0.1, 0.15) is 23.3 Å². The third kappa shape index (κ3) is 4.27. The first-order valence-corrected chi connectivity index (χ1v) is 10.3. The van der Waals surface area contributed by atoms with Crippen LogP contribution in [0.2, 0.25) is 0 Å². The number of benzene rings is 1. The number of rotatable bonds is 5. The van der Waals surface area contributed by atoms with Crippen LogP contribution >= 0.6 is 11.3 Å². The molecule has 0 saturated carbocycles. The van der Waals surface area contributed by atoms with E-state index >= 15 is 0 Å². The Labute approximate surface area is 163 Å². The zero-order chi connectivity index (χ0) is 18.6. The number of carbonyl (C=O) groups excluding carboxylic acids is 1. The fourth-order valence-corrected chi connectivity index (χ4v) is 4.57. The zero-order valence-corrected chi connectivity index (χ0v) is 16.3. The van der Waals surface area contributed by atoms with E-state index in [0.29, 0.717) is 5.92 Å². The van der Waals surface area contributed by atoms with Crippen LogP contribution in [-0.4, -0.2) is 40.4 Å². The molecule has 5 nitrogen and oxygen atoms in total. The van der Waals surface area contributed by atoms with E-state index in [0.717, 1.165) is 48.4 Å². The molecule has 6 heteroatoms. The van der Waals surface area contributed by atoms with Gasteiger partial charge in [-0.15, -0.1) is 11.3 Å². The van der Waals surface area contributed by atoms with Gasteiger partial charge in [0.25, 0.3) is 0 Å². The molecule has 1 N–H and O–H groups in total. The van der Waals surface area contributed by atoms with Gasteiger partial charge in [-0.1, -0.05) is 30.3 Å². The first-order valence-electron chi connectivity index (χ1n) is 9.46. The smallest absolute Gasteiger partial charge is 0.241 e. The first-order chi connectivity index (χ1) is 13.2. The van der Waals surface area contributed by atoms with Crippen molar-refractivity contribution in [3.8, 4) is 0 Å². The summed E-state index contributed by atoms with van der Waals surface area (Å²) in [5.74, 6) is 1.56. The number of amides is 1. The molecule has 1 fully saturated rings. The number of aryl methyl sites for hydroxylation is 1. The van der Waals surface area contributed by atoms with Crippen molar-refractivity contribution in [2.75, 3.05) is 25.0 Å². The predicted octanol–water partition coefficient (Wildman–Crippen LogP) is 3.89. The van der Waals surface area contributed by atoms with E-state index in [1.165, 1.54) is 10.4 Å². The van der Waals surface area contributed by atoms with E-state index in [1.54, 1.807) is 17.7 Å². The Balaban J connectivity index is 1.29.